The first-order chi connectivity index (χ1) is 8.56. The summed E-state index contributed by atoms with van der Waals surface area (Å²) in [5, 5.41) is 13.2. The van der Waals surface area contributed by atoms with Gasteiger partial charge in [0.25, 0.3) is 5.91 Å². The van der Waals surface area contributed by atoms with Crippen molar-refractivity contribution < 1.29 is 19.6 Å². The van der Waals surface area contributed by atoms with Crippen LogP contribution in [0, 0.1) is 12.7 Å². The fourth-order valence-electron chi connectivity index (χ4n) is 1.57. The number of hydrogen-bond donors (Lipinski definition) is 3. The van der Waals surface area contributed by atoms with Gasteiger partial charge in [-0.15, -0.1) is 0 Å². The standard InChI is InChI=1S/C13H19FN2O2/c1-3-10(8-17)15-7-13(18)16-12-5-4-9(2)6-11(12)14/h4-6,10,15,17H,3,7-8H2,1-2H3,(H,16,18)/p+1/t10-/m0/s1. The van der Waals surface area contributed by atoms with E-state index in [0.29, 0.717) is 0 Å². The molecule has 0 radical (unpaired) electrons. The van der Waals surface area contributed by atoms with E-state index in [9.17, 15) is 9.18 Å². The fourth-order valence-corrected chi connectivity index (χ4v) is 1.57. The summed E-state index contributed by atoms with van der Waals surface area (Å²) in [5.41, 5.74) is 0.999. The molecule has 0 fully saturated rings. The molecule has 0 aliphatic rings. The molecule has 5 heteroatoms. The van der Waals surface area contributed by atoms with Crippen molar-refractivity contribution in [1.82, 2.24) is 0 Å². The van der Waals surface area contributed by atoms with Gasteiger partial charge in [-0.25, -0.2) is 4.39 Å². The van der Waals surface area contributed by atoms with E-state index in [1.807, 2.05) is 6.92 Å². The van der Waals surface area contributed by atoms with Gasteiger partial charge >= 0.3 is 0 Å². The minimum Gasteiger partial charge on any atom is -0.390 e. The van der Waals surface area contributed by atoms with Crippen molar-refractivity contribution in [3.05, 3.63) is 29.6 Å². The number of carbonyl (C=O) groups excluding carboxylic acids is 1. The maximum Gasteiger partial charge on any atom is 0.279 e. The van der Waals surface area contributed by atoms with E-state index in [1.54, 1.807) is 24.4 Å². The first-order valence-corrected chi connectivity index (χ1v) is 6.07. The van der Waals surface area contributed by atoms with Crippen LogP contribution in [0.5, 0.6) is 0 Å². The summed E-state index contributed by atoms with van der Waals surface area (Å²) in [5.74, 6) is -0.706. The van der Waals surface area contributed by atoms with E-state index < -0.39 is 5.82 Å². The lowest BCUT2D eigenvalue weighted by Gasteiger charge is -2.11. The summed E-state index contributed by atoms with van der Waals surface area (Å²) in [6, 6.07) is 4.68. The minimum absolute atomic E-state index is 0.0126. The molecule has 1 aromatic carbocycles. The van der Waals surface area contributed by atoms with E-state index in [0.717, 1.165) is 12.0 Å². The van der Waals surface area contributed by atoms with Crippen molar-refractivity contribution in [1.29, 1.82) is 0 Å². The number of rotatable bonds is 6. The lowest BCUT2D eigenvalue weighted by atomic mass is 10.2. The number of hydrogen-bond acceptors (Lipinski definition) is 2. The molecule has 0 saturated carbocycles. The van der Waals surface area contributed by atoms with Gasteiger partial charge < -0.3 is 15.7 Å². The predicted molar refractivity (Wildman–Crippen MR) is 67.7 cm³/mol. The number of benzene rings is 1. The third kappa shape index (κ3) is 4.43. The first-order valence-electron chi connectivity index (χ1n) is 6.07. The SMILES string of the molecule is CC[C@@H](CO)[NH2+]CC(=O)Nc1ccc(C)cc1F. The Morgan fingerprint density at radius 2 is 2.28 bits per heavy atom. The van der Waals surface area contributed by atoms with E-state index in [2.05, 4.69) is 5.32 Å². The summed E-state index contributed by atoms with van der Waals surface area (Å²) < 4.78 is 13.5. The van der Waals surface area contributed by atoms with Crippen LogP contribution in [0.3, 0.4) is 0 Å². The van der Waals surface area contributed by atoms with E-state index in [-0.39, 0.29) is 30.8 Å². The molecule has 18 heavy (non-hydrogen) atoms. The van der Waals surface area contributed by atoms with Gasteiger partial charge in [-0.1, -0.05) is 13.0 Å². The molecular weight excluding hydrogens is 235 g/mol. The first kappa shape index (κ1) is 14.6. The summed E-state index contributed by atoms with van der Waals surface area (Å²) in [6.07, 6.45) is 0.780. The number of carbonyl (C=O) groups is 1. The van der Waals surface area contributed by atoms with Gasteiger partial charge in [0.15, 0.2) is 6.54 Å². The predicted octanol–water partition coefficient (Wildman–Crippen LogP) is 0.407. The van der Waals surface area contributed by atoms with Crippen LogP contribution in [-0.4, -0.2) is 30.2 Å². The Morgan fingerprint density at radius 3 is 2.83 bits per heavy atom. The molecule has 1 rings (SSSR count). The Morgan fingerprint density at radius 1 is 1.56 bits per heavy atom. The van der Waals surface area contributed by atoms with Crippen LogP contribution in [-0.2, 0) is 4.79 Å². The second kappa shape index (κ2) is 7.08. The highest BCUT2D eigenvalue weighted by Gasteiger charge is 2.12. The quantitative estimate of drug-likeness (QED) is 0.689. The van der Waals surface area contributed by atoms with Gasteiger partial charge in [-0.2, -0.15) is 0 Å². The maximum atomic E-state index is 13.5. The zero-order valence-electron chi connectivity index (χ0n) is 10.7. The number of aliphatic hydroxyl groups excluding tert-OH is 1. The van der Waals surface area contributed by atoms with Crippen molar-refractivity contribution in [2.75, 3.05) is 18.5 Å². The Labute approximate surface area is 106 Å². The Kier molecular flexibility index (Phi) is 5.74. The molecule has 100 valence electrons. The second-order valence-electron chi connectivity index (χ2n) is 4.32. The minimum atomic E-state index is -0.433. The maximum absolute atomic E-state index is 13.5. The smallest absolute Gasteiger partial charge is 0.279 e. The monoisotopic (exact) mass is 255 g/mol. The van der Waals surface area contributed by atoms with Crippen LogP contribution in [0.2, 0.25) is 0 Å². The zero-order valence-corrected chi connectivity index (χ0v) is 10.7. The largest absolute Gasteiger partial charge is 0.390 e. The number of anilines is 1. The molecule has 0 bridgehead atoms. The summed E-state index contributed by atoms with van der Waals surface area (Å²) >= 11 is 0. The highest BCUT2D eigenvalue weighted by molar-refractivity contribution is 5.91. The number of aliphatic hydroxyl groups is 1. The molecule has 1 amide bonds. The van der Waals surface area contributed by atoms with Crippen LogP contribution < -0.4 is 10.6 Å². The Bertz CT molecular complexity index is 406. The highest BCUT2D eigenvalue weighted by Crippen LogP contribution is 2.14. The number of amides is 1. The van der Waals surface area contributed by atoms with Gasteiger partial charge in [0.2, 0.25) is 0 Å². The van der Waals surface area contributed by atoms with Gasteiger partial charge in [-0.05, 0) is 31.0 Å². The third-order valence-corrected chi connectivity index (χ3v) is 2.79. The number of aryl methyl sites for hydroxylation is 1. The van der Waals surface area contributed by atoms with Crippen LogP contribution in [0.1, 0.15) is 18.9 Å². The highest BCUT2D eigenvalue weighted by atomic mass is 19.1. The van der Waals surface area contributed by atoms with Crippen LogP contribution in [0.4, 0.5) is 10.1 Å². The third-order valence-electron chi connectivity index (χ3n) is 2.79. The van der Waals surface area contributed by atoms with Gasteiger partial charge in [-0.3, -0.25) is 4.79 Å². The lowest BCUT2D eigenvalue weighted by Crippen LogP contribution is -2.92. The second-order valence-corrected chi connectivity index (χ2v) is 4.32. The molecule has 1 atom stereocenters. The van der Waals surface area contributed by atoms with Crippen molar-refractivity contribution in [3.8, 4) is 0 Å². The molecule has 0 aliphatic heterocycles. The van der Waals surface area contributed by atoms with E-state index in [1.165, 1.54) is 6.07 Å². The molecule has 0 spiro atoms. The Balaban J connectivity index is 2.49. The van der Waals surface area contributed by atoms with Crippen LogP contribution in [0.15, 0.2) is 18.2 Å². The molecule has 0 aromatic heterocycles. The van der Waals surface area contributed by atoms with Crippen molar-refractivity contribution in [3.63, 3.8) is 0 Å². The van der Waals surface area contributed by atoms with Gasteiger partial charge in [0, 0.05) is 0 Å². The fraction of sp³-hybridized carbons (Fsp3) is 0.462. The van der Waals surface area contributed by atoms with Crippen LogP contribution in [0.25, 0.3) is 0 Å². The number of halogens is 1. The topological polar surface area (TPSA) is 65.9 Å². The molecule has 0 unspecified atom stereocenters. The average molecular weight is 255 g/mol. The summed E-state index contributed by atoms with van der Waals surface area (Å²) in [4.78, 5) is 11.6. The molecule has 4 nitrogen and oxygen atoms in total. The zero-order chi connectivity index (χ0) is 13.5. The molecule has 4 N–H and O–H groups in total. The van der Waals surface area contributed by atoms with Crippen molar-refractivity contribution in [2.24, 2.45) is 0 Å². The molecule has 1 aromatic rings. The van der Waals surface area contributed by atoms with Gasteiger partial charge in [0.05, 0.1) is 12.3 Å². The number of nitrogens with two attached hydrogens (primary N) is 1. The van der Waals surface area contributed by atoms with Crippen molar-refractivity contribution >= 4 is 11.6 Å². The normalized spacial score (nSPS) is 12.2. The molecular formula is C13H20FN2O2+. The molecule has 0 heterocycles. The summed E-state index contributed by atoms with van der Waals surface area (Å²) in [6.45, 7) is 3.93. The molecule has 0 aliphatic carbocycles. The van der Waals surface area contributed by atoms with Gasteiger partial charge in [0.1, 0.15) is 11.9 Å². The summed E-state index contributed by atoms with van der Waals surface area (Å²) in [7, 11) is 0. The van der Waals surface area contributed by atoms with Crippen molar-refractivity contribution in [2.45, 2.75) is 26.3 Å². The van der Waals surface area contributed by atoms with E-state index in [4.69, 9.17) is 5.11 Å². The molecule has 0 saturated heterocycles. The number of nitrogens with one attached hydrogen (secondary N) is 1. The lowest BCUT2D eigenvalue weighted by molar-refractivity contribution is -0.680. The van der Waals surface area contributed by atoms with E-state index >= 15 is 0 Å². The average Bonchev–Trinajstić information content (AvgIpc) is 2.34. The van der Waals surface area contributed by atoms with Crippen LogP contribution >= 0.6 is 0 Å². The number of quaternary nitrogens is 1. The Hall–Kier alpha value is -1.46.